The van der Waals surface area contributed by atoms with Gasteiger partial charge < -0.3 is 4.74 Å². The Balaban J connectivity index is 1.78. The van der Waals surface area contributed by atoms with E-state index in [1.165, 1.54) is 25.7 Å². The maximum atomic E-state index is 5.73. The molecule has 0 radical (unpaired) electrons. The van der Waals surface area contributed by atoms with Gasteiger partial charge in [0.15, 0.2) is 0 Å². The van der Waals surface area contributed by atoms with E-state index < -0.39 is 0 Å². The van der Waals surface area contributed by atoms with E-state index in [0.29, 0.717) is 12.8 Å². The fourth-order valence-electron chi connectivity index (χ4n) is 2.96. The van der Waals surface area contributed by atoms with Gasteiger partial charge in [0.2, 0.25) is 0 Å². The van der Waals surface area contributed by atoms with Crippen LogP contribution in [0, 0.1) is 11.8 Å². The van der Waals surface area contributed by atoms with E-state index in [1.807, 2.05) is 30.3 Å². The average molecular weight is 247 g/mol. The third-order valence-corrected chi connectivity index (χ3v) is 4.00. The van der Waals surface area contributed by atoms with E-state index in [-0.39, 0.29) is 0 Å². The van der Waals surface area contributed by atoms with E-state index in [0.717, 1.165) is 17.6 Å². The summed E-state index contributed by atoms with van der Waals surface area (Å²) in [6.07, 6.45) is 5.40. The normalized spacial score (nSPS) is 24.2. The molecule has 1 N–H and O–H groups in total. The van der Waals surface area contributed by atoms with Crippen LogP contribution in [-0.4, -0.2) is 12.8 Å². The third-order valence-electron chi connectivity index (χ3n) is 4.00. The van der Waals surface area contributed by atoms with Gasteiger partial charge in [0, 0.05) is 6.04 Å². The van der Waals surface area contributed by atoms with Crippen LogP contribution in [0.3, 0.4) is 0 Å². The first-order valence-corrected chi connectivity index (χ1v) is 7.18. The Bertz CT molecular complexity index is 336. The van der Waals surface area contributed by atoms with Gasteiger partial charge in [-0.3, -0.25) is 5.32 Å². The molecule has 0 amide bonds. The molecule has 0 saturated heterocycles. The lowest BCUT2D eigenvalue weighted by molar-refractivity contribution is 0.166. The zero-order valence-corrected chi connectivity index (χ0v) is 11.6. The number of rotatable bonds is 5. The highest BCUT2D eigenvalue weighted by Crippen LogP contribution is 2.30. The minimum absolute atomic E-state index is 0.623. The molecule has 100 valence electrons. The first-order chi connectivity index (χ1) is 8.77. The third kappa shape index (κ3) is 3.74. The van der Waals surface area contributed by atoms with Crippen molar-refractivity contribution in [1.82, 2.24) is 5.32 Å². The molecule has 1 saturated carbocycles. The second-order valence-electron chi connectivity index (χ2n) is 5.60. The maximum Gasteiger partial charge on any atom is 0.139 e. The molecule has 1 fully saturated rings. The molecular weight excluding hydrogens is 222 g/mol. The number of benzene rings is 1. The van der Waals surface area contributed by atoms with Crippen LogP contribution in [0.25, 0.3) is 0 Å². The molecule has 0 spiro atoms. The molecule has 1 aliphatic rings. The molecule has 2 unspecified atom stereocenters. The second-order valence-corrected chi connectivity index (χ2v) is 5.60. The van der Waals surface area contributed by atoms with Gasteiger partial charge in [0.05, 0.1) is 0 Å². The Kier molecular flexibility index (Phi) is 5.06. The molecule has 2 rings (SSSR count). The van der Waals surface area contributed by atoms with Crippen molar-refractivity contribution >= 4 is 0 Å². The van der Waals surface area contributed by atoms with Crippen LogP contribution in [0.15, 0.2) is 30.3 Å². The van der Waals surface area contributed by atoms with Crippen molar-refractivity contribution in [2.45, 2.75) is 45.6 Å². The predicted molar refractivity (Wildman–Crippen MR) is 75.7 cm³/mol. The van der Waals surface area contributed by atoms with Gasteiger partial charge in [-0.15, -0.1) is 0 Å². The maximum absolute atomic E-state index is 5.73. The topological polar surface area (TPSA) is 21.3 Å². The Morgan fingerprint density at radius 1 is 1.17 bits per heavy atom. The fourth-order valence-corrected chi connectivity index (χ4v) is 2.96. The van der Waals surface area contributed by atoms with Gasteiger partial charge in [-0.05, 0) is 36.8 Å². The van der Waals surface area contributed by atoms with Crippen LogP contribution in [0.2, 0.25) is 0 Å². The van der Waals surface area contributed by atoms with E-state index in [4.69, 9.17) is 4.74 Å². The van der Waals surface area contributed by atoms with Crippen molar-refractivity contribution in [2.24, 2.45) is 11.8 Å². The fraction of sp³-hybridized carbons (Fsp3) is 0.625. The van der Waals surface area contributed by atoms with Gasteiger partial charge in [-0.1, -0.05) is 44.9 Å². The molecular formula is C16H25NO. The van der Waals surface area contributed by atoms with E-state index >= 15 is 0 Å². The van der Waals surface area contributed by atoms with Crippen molar-refractivity contribution < 1.29 is 4.74 Å². The van der Waals surface area contributed by atoms with Crippen LogP contribution >= 0.6 is 0 Å². The van der Waals surface area contributed by atoms with Crippen LogP contribution < -0.4 is 10.1 Å². The van der Waals surface area contributed by atoms with Crippen molar-refractivity contribution in [1.29, 1.82) is 0 Å². The molecule has 1 aromatic carbocycles. The zero-order valence-electron chi connectivity index (χ0n) is 11.6. The van der Waals surface area contributed by atoms with Crippen molar-refractivity contribution in [2.75, 3.05) is 6.73 Å². The Morgan fingerprint density at radius 2 is 1.89 bits per heavy atom. The summed E-state index contributed by atoms with van der Waals surface area (Å²) in [6.45, 7) is 5.29. The van der Waals surface area contributed by atoms with E-state index in [9.17, 15) is 0 Å². The summed E-state index contributed by atoms with van der Waals surface area (Å²) < 4.78 is 5.73. The quantitative estimate of drug-likeness (QED) is 0.798. The second kappa shape index (κ2) is 6.79. The first kappa shape index (κ1) is 13.4. The lowest BCUT2D eigenvalue weighted by Gasteiger charge is -2.35. The van der Waals surface area contributed by atoms with Crippen LogP contribution in [0.5, 0.6) is 5.75 Å². The molecule has 18 heavy (non-hydrogen) atoms. The van der Waals surface area contributed by atoms with Crippen molar-refractivity contribution in [3.8, 4) is 5.75 Å². The number of hydrogen-bond acceptors (Lipinski definition) is 2. The monoisotopic (exact) mass is 247 g/mol. The predicted octanol–water partition coefficient (Wildman–Crippen LogP) is 3.83. The summed E-state index contributed by atoms with van der Waals surface area (Å²) in [5, 5.41) is 3.58. The summed E-state index contributed by atoms with van der Waals surface area (Å²) in [6, 6.07) is 10.7. The lowest BCUT2D eigenvalue weighted by atomic mass is 9.78. The van der Waals surface area contributed by atoms with Crippen LogP contribution in [-0.2, 0) is 0 Å². The molecule has 2 nitrogen and oxygen atoms in total. The first-order valence-electron chi connectivity index (χ1n) is 7.18. The zero-order chi connectivity index (χ0) is 12.8. The Hall–Kier alpha value is -1.02. The van der Waals surface area contributed by atoms with Gasteiger partial charge >= 0.3 is 0 Å². The highest BCUT2D eigenvalue weighted by atomic mass is 16.5. The van der Waals surface area contributed by atoms with Crippen molar-refractivity contribution in [3.63, 3.8) is 0 Å². The summed E-state index contributed by atoms with van der Waals surface area (Å²) in [5.41, 5.74) is 0. The molecule has 1 aliphatic carbocycles. The molecule has 0 aliphatic heterocycles. The summed E-state index contributed by atoms with van der Waals surface area (Å²) >= 11 is 0. The minimum Gasteiger partial charge on any atom is -0.478 e. The highest BCUT2D eigenvalue weighted by molar-refractivity contribution is 5.20. The van der Waals surface area contributed by atoms with Gasteiger partial charge in [0.1, 0.15) is 12.5 Å². The smallest absolute Gasteiger partial charge is 0.139 e. The summed E-state index contributed by atoms with van der Waals surface area (Å²) in [7, 11) is 0. The Morgan fingerprint density at radius 3 is 2.61 bits per heavy atom. The minimum atomic E-state index is 0.623. The average Bonchev–Trinajstić information content (AvgIpc) is 2.40. The number of ether oxygens (including phenoxy) is 1. The highest BCUT2D eigenvalue weighted by Gasteiger charge is 2.26. The molecule has 2 heteroatoms. The summed E-state index contributed by atoms with van der Waals surface area (Å²) in [4.78, 5) is 0. The van der Waals surface area contributed by atoms with Crippen LogP contribution in [0.1, 0.15) is 39.5 Å². The van der Waals surface area contributed by atoms with Crippen molar-refractivity contribution in [3.05, 3.63) is 30.3 Å². The summed E-state index contributed by atoms with van der Waals surface area (Å²) in [5.74, 6) is 2.51. The number of para-hydroxylation sites is 1. The van der Waals surface area contributed by atoms with Gasteiger partial charge in [0.25, 0.3) is 0 Å². The molecule has 1 aromatic rings. The SMILES string of the molecule is CC(C)C1CCCCC1NCOc1ccccc1. The number of nitrogens with one attached hydrogen (secondary N) is 1. The molecule has 0 heterocycles. The standard InChI is InChI=1S/C16H25NO/c1-13(2)15-10-6-7-11-16(15)17-12-18-14-8-4-3-5-9-14/h3-5,8-9,13,15-17H,6-7,10-12H2,1-2H3. The van der Waals surface area contributed by atoms with Gasteiger partial charge in [-0.25, -0.2) is 0 Å². The van der Waals surface area contributed by atoms with Crippen LogP contribution in [0.4, 0.5) is 0 Å². The lowest BCUT2D eigenvalue weighted by Crippen LogP contribution is -2.42. The molecule has 0 bridgehead atoms. The van der Waals surface area contributed by atoms with E-state index in [1.54, 1.807) is 0 Å². The Labute approximate surface area is 111 Å². The number of hydrogen-bond donors (Lipinski definition) is 1. The van der Waals surface area contributed by atoms with E-state index in [2.05, 4.69) is 19.2 Å². The molecule has 0 aromatic heterocycles. The molecule has 2 atom stereocenters. The largest absolute Gasteiger partial charge is 0.478 e. The van der Waals surface area contributed by atoms with Gasteiger partial charge in [-0.2, -0.15) is 0 Å².